The van der Waals surface area contributed by atoms with E-state index >= 15 is 0 Å². The molecule has 0 bridgehead atoms. The zero-order chi connectivity index (χ0) is 23.1. The predicted molar refractivity (Wildman–Crippen MR) is 75.1 cm³/mol. The van der Waals surface area contributed by atoms with Gasteiger partial charge in [0, 0.05) is 0 Å². The molecule has 0 aromatic rings. The van der Waals surface area contributed by atoms with Crippen molar-refractivity contribution < 1.29 is 65.9 Å². The molecule has 3 nitrogen and oxygen atoms in total. The van der Waals surface area contributed by atoms with Gasteiger partial charge < -0.3 is 0 Å². The zero-order valence-electron chi connectivity index (χ0n) is 14.7. The first-order chi connectivity index (χ1) is 11.7. The molecule has 0 aromatic heterocycles. The van der Waals surface area contributed by atoms with Crippen molar-refractivity contribution in [1.82, 2.24) is 0 Å². The standard InChI is InChI=1S/C11H15F12O3PSi/c1-27(2,26-28(3,4)5)24-6(8(12,13)14,9(15,16)17)7(25-27,10(18,19)20)11(21,22)23/h1-5H3. The molecule has 0 unspecified atom stereocenters. The molecule has 0 aliphatic carbocycles. The monoisotopic (exact) mass is 482 g/mol. The van der Waals surface area contributed by atoms with Crippen molar-refractivity contribution in [2.45, 2.75) is 55.5 Å². The van der Waals surface area contributed by atoms with Crippen molar-refractivity contribution in [3.63, 3.8) is 0 Å². The van der Waals surface area contributed by atoms with Crippen LogP contribution in [0.5, 0.6) is 0 Å². The molecular weight excluding hydrogens is 467 g/mol. The molecule has 170 valence electrons. The van der Waals surface area contributed by atoms with Crippen LogP contribution >= 0.6 is 7.28 Å². The Morgan fingerprint density at radius 2 is 0.821 bits per heavy atom. The van der Waals surface area contributed by atoms with Crippen molar-refractivity contribution in [3.8, 4) is 0 Å². The average molecular weight is 482 g/mol. The van der Waals surface area contributed by atoms with E-state index in [1.807, 2.05) is 0 Å². The molecule has 1 rings (SSSR count). The molecule has 1 fully saturated rings. The number of hydrogen-bond donors (Lipinski definition) is 0. The van der Waals surface area contributed by atoms with Crippen LogP contribution in [-0.2, 0) is 13.3 Å². The van der Waals surface area contributed by atoms with Crippen LogP contribution in [0.25, 0.3) is 0 Å². The van der Waals surface area contributed by atoms with Gasteiger partial charge in [-0.1, -0.05) is 0 Å². The number of hydrogen-bond acceptors (Lipinski definition) is 3. The molecule has 1 saturated heterocycles. The summed E-state index contributed by atoms with van der Waals surface area (Å²) in [7, 11) is -9.64. The van der Waals surface area contributed by atoms with Gasteiger partial charge in [-0.25, -0.2) is 0 Å². The second-order valence-corrected chi connectivity index (χ2v) is 16.4. The minimum absolute atomic E-state index is 0.134. The van der Waals surface area contributed by atoms with E-state index in [1.165, 1.54) is 0 Å². The maximum atomic E-state index is 13.5. The molecule has 1 aliphatic rings. The summed E-state index contributed by atoms with van der Waals surface area (Å²) in [5.41, 5.74) is -13.6. The number of halogens is 12. The summed E-state index contributed by atoms with van der Waals surface area (Å²) < 4.78 is 174. The molecular formula is C11H15F12O3PSi. The molecule has 0 spiro atoms. The molecule has 0 N–H and O–H groups in total. The van der Waals surface area contributed by atoms with Gasteiger partial charge in [0.15, 0.2) is 0 Å². The van der Waals surface area contributed by atoms with Gasteiger partial charge in [0.25, 0.3) is 0 Å². The Bertz CT molecular complexity index is 555. The van der Waals surface area contributed by atoms with Gasteiger partial charge in [-0.3, -0.25) is 0 Å². The third-order valence-electron chi connectivity index (χ3n) is 3.41. The third kappa shape index (κ3) is 3.63. The summed E-state index contributed by atoms with van der Waals surface area (Å²) in [5, 5.41) is 0. The number of rotatable bonds is 2. The Balaban J connectivity index is 4.19. The molecule has 28 heavy (non-hydrogen) atoms. The molecule has 0 aromatic carbocycles. The number of alkyl halides is 12. The van der Waals surface area contributed by atoms with Crippen molar-refractivity contribution >= 4 is 15.6 Å². The van der Waals surface area contributed by atoms with Crippen molar-refractivity contribution in [3.05, 3.63) is 0 Å². The summed E-state index contributed by atoms with van der Waals surface area (Å²) in [6.45, 7) is 3.58. The van der Waals surface area contributed by atoms with Gasteiger partial charge in [-0.2, -0.15) is 0 Å². The van der Waals surface area contributed by atoms with E-state index in [9.17, 15) is 52.7 Å². The predicted octanol–water partition coefficient (Wildman–Crippen LogP) is 6.17. The maximum absolute atomic E-state index is 13.5. The van der Waals surface area contributed by atoms with Gasteiger partial charge >= 0.3 is 150 Å². The van der Waals surface area contributed by atoms with Gasteiger partial charge in [0.05, 0.1) is 0 Å². The van der Waals surface area contributed by atoms with Crippen LogP contribution in [0.3, 0.4) is 0 Å². The fourth-order valence-corrected chi connectivity index (χ4v) is 11.8. The van der Waals surface area contributed by atoms with Gasteiger partial charge in [0.1, 0.15) is 0 Å². The van der Waals surface area contributed by atoms with Crippen LogP contribution in [-0.4, -0.2) is 57.6 Å². The zero-order valence-corrected chi connectivity index (χ0v) is 16.6. The summed E-state index contributed by atoms with van der Waals surface area (Å²) in [6.07, 6.45) is -28.9. The fourth-order valence-electron chi connectivity index (χ4n) is 3.05. The van der Waals surface area contributed by atoms with Gasteiger partial charge in [-0.05, 0) is 0 Å². The molecule has 0 amide bonds. The van der Waals surface area contributed by atoms with Gasteiger partial charge in [-0.15, -0.1) is 0 Å². The fraction of sp³-hybridized carbons (Fsp3) is 1.00. The Morgan fingerprint density at radius 3 is 0.964 bits per heavy atom. The first kappa shape index (κ1) is 25.7. The van der Waals surface area contributed by atoms with E-state index in [0.29, 0.717) is 0 Å². The molecule has 17 heteroatoms. The average Bonchev–Trinajstić information content (AvgIpc) is 2.50. The van der Waals surface area contributed by atoms with Crippen LogP contribution < -0.4 is 0 Å². The Hall–Kier alpha value is -0.313. The summed E-state index contributed by atoms with van der Waals surface area (Å²) in [4.78, 5) is 0. The summed E-state index contributed by atoms with van der Waals surface area (Å²) in [6, 6.07) is 0. The Labute approximate surface area is 151 Å². The van der Waals surface area contributed by atoms with Gasteiger partial charge in [0.2, 0.25) is 0 Å². The van der Waals surface area contributed by atoms with Crippen LogP contribution in [0, 0.1) is 0 Å². The van der Waals surface area contributed by atoms with E-state index in [2.05, 4.69) is 9.05 Å². The van der Waals surface area contributed by atoms with E-state index in [-0.39, 0.29) is 13.3 Å². The Morgan fingerprint density at radius 1 is 0.607 bits per heavy atom. The molecule has 0 saturated carbocycles. The van der Waals surface area contributed by atoms with E-state index < -0.39 is 51.5 Å². The topological polar surface area (TPSA) is 27.7 Å². The van der Waals surface area contributed by atoms with Crippen molar-refractivity contribution in [1.29, 1.82) is 0 Å². The summed E-state index contributed by atoms with van der Waals surface area (Å²) >= 11 is 0. The van der Waals surface area contributed by atoms with E-state index in [0.717, 1.165) is 19.6 Å². The third-order valence-corrected chi connectivity index (χ3v) is 9.24. The quantitative estimate of drug-likeness (QED) is 0.268. The van der Waals surface area contributed by atoms with Crippen molar-refractivity contribution in [2.75, 3.05) is 13.3 Å². The SMILES string of the molecule is C[Si](C)(C)OP1(C)(C)OC(C(F)(F)F)(C(F)(F)F)C(C(F)(F)F)(C(F)(F)F)O1. The Kier molecular flexibility index (Phi) is 5.41. The van der Waals surface area contributed by atoms with Crippen molar-refractivity contribution in [2.24, 2.45) is 0 Å². The molecule has 0 radical (unpaired) electrons. The molecule has 0 atom stereocenters. The summed E-state index contributed by atoms with van der Waals surface area (Å²) in [5.74, 6) is 0. The molecule has 1 aliphatic heterocycles. The first-order valence-electron chi connectivity index (χ1n) is 7.07. The first-order valence-corrected chi connectivity index (χ1v) is 13.4. The van der Waals surface area contributed by atoms with Crippen LogP contribution in [0.4, 0.5) is 52.7 Å². The van der Waals surface area contributed by atoms with Crippen LogP contribution in [0.1, 0.15) is 0 Å². The molecule has 1 heterocycles. The van der Waals surface area contributed by atoms with E-state index in [1.54, 1.807) is 0 Å². The minimum atomic E-state index is -7.23. The van der Waals surface area contributed by atoms with E-state index in [4.69, 9.17) is 4.21 Å². The second kappa shape index (κ2) is 5.89. The normalized spacial score (nSPS) is 26.5. The second-order valence-electron chi connectivity index (χ2n) is 7.51. The van der Waals surface area contributed by atoms with Crippen LogP contribution in [0.2, 0.25) is 19.6 Å². The van der Waals surface area contributed by atoms with Crippen LogP contribution in [0.15, 0.2) is 0 Å².